The average molecular weight is 246 g/mol. The minimum atomic E-state index is 0.611. The van der Waals surface area contributed by atoms with Gasteiger partial charge in [0.05, 0.1) is 5.69 Å². The zero-order valence-corrected chi connectivity index (χ0v) is 11.0. The fourth-order valence-corrected chi connectivity index (χ4v) is 2.50. The molecule has 2 N–H and O–H groups in total. The smallest absolute Gasteiger partial charge is 0.142 e. The zero-order valence-electron chi connectivity index (χ0n) is 11.0. The molecule has 3 heteroatoms. The Balaban J connectivity index is 1.67. The van der Waals surface area contributed by atoms with Gasteiger partial charge in [0.15, 0.2) is 0 Å². The first-order valence-electron chi connectivity index (χ1n) is 7.11. The molecule has 1 aromatic carbocycles. The van der Waals surface area contributed by atoms with Crippen molar-refractivity contribution in [2.75, 3.05) is 18.5 Å². The Bertz CT molecular complexity index is 415. The van der Waals surface area contributed by atoms with E-state index >= 15 is 0 Å². The van der Waals surface area contributed by atoms with Gasteiger partial charge >= 0.3 is 0 Å². The highest BCUT2D eigenvalue weighted by atomic mass is 16.5. The van der Waals surface area contributed by atoms with Gasteiger partial charge in [0.1, 0.15) is 12.4 Å². The number of rotatable bonds is 5. The third-order valence-corrected chi connectivity index (χ3v) is 3.74. The number of nitrogens with one attached hydrogen (secondary N) is 2. The first-order chi connectivity index (χ1) is 8.85. The maximum Gasteiger partial charge on any atom is 0.142 e. The van der Waals surface area contributed by atoms with Gasteiger partial charge in [-0.2, -0.15) is 0 Å². The van der Waals surface area contributed by atoms with Crippen LogP contribution in [0.2, 0.25) is 0 Å². The number of benzene rings is 1. The lowest BCUT2D eigenvalue weighted by molar-refractivity contribution is 0.323. The summed E-state index contributed by atoms with van der Waals surface area (Å²) in [5.41, 5.74) is 2.55. The van der Waals surface area contributed by atoms with Gasteiger partial charge in [0.2, 0.25) is 0 Å². The Morgan fingerprint density at radius 3 is 3.11 bits per heavy atom. The normalized spacial score (nSPS) is 19.6. The second-order valence-electron chi connectivity index (χ2n) is 5.36. The van der Waals surface area contributed by atoms with Gasteiger partial charge in [-0.25, -0.2) is 0 Å². The molecule has 0 bridgehead atoms. The molecule has 3 rings (SSSR count). The van der Waals surface area contributed by atoms with Crippen LogP contribution in [0.15, 0.2) is 18.2 Å². The van der Waals surface area contributed by atoms with Crippen LogP contribution in [0.3, 0.4) is 0 Å². The zero-order chi connectivity index (χ0) is 12.4. The van der Waals surface area contributed by atoms with E-state index in [0.717, 1.165) is 37.1 Å². The summed E-state index contributed by atoms with van der Waals surface area (Å²) in [4.78, 5) is 0. The molecule has 1 saturated carbocycles. The lowest BCUT2D eigenvalue weighted by atomic mass is 10.0. The molecule has 1 unspecified atom stereocenters. The lowest BCUT2D eigenvalue weighted by Crippen LogP contribution is -2.32. The maximum atomic E-state index is 5.61. The summed E-state index contributed by atoms with van der Waals surface area (Å²) < 4.78 is 5.61. The summed E-state index contributed by atoms with van der Waals surface area (Å²) in [6.45, 7) is 3.95. The van der Waals surface area contributed by atoms with Crippen molar-refractivity contribution in [3.05, 3.63) is 23.8 Å². The molecule has 1 aromatic rings. The van der Waals surface area contributed by atoms with Gasteiger partial charge in [-0.3, -0.25) is 0 Å². The van der Waals surface area contributed by atoms with Gasteiger partial charge in [0.25, 0.3) is 0 Å². The van der Waals surface area contributed by atoms with E-state index in [1.54, 1.807) is 0 Å². The van der Waals surface area contributed by atoms with Crippen molar-refractivity contribution in [3.63, 3.8) is 0 Å². The van der Waals surface area contributed by atoms with Crippen molar-refractivity contribution < 1.29 is 4.74 Å². The van der Waals surface area contributed by atoms with E-state index in [4.69, 9.17) is 4.74 Å². The average Bonchev–Trinajstić information content (AvgIpc) is 3.22. The Morgan fingerprint density at radius 2 is 2.33 bits per heavy atom. The molecule has 0 radical (unpaired) electrons. The minimum absolute atomic E-state index is 0.611. The first-order valence-corrected chi connectivity index (χ1v) is 7.11. The standard InChI is InChI=1S/C15H22N2O/c1-2-12(17-13-4-5-13)9-11-3-6-15-14(10-11)16-7-8-18-15/h3,6,10,12-13,16-17H,2,4-5,7-9H2,1H3. The SMILES string of the molecule is CCC(Cc1ccc2c(c1)NCCO2)NC1CC1. The van der Waals surface area contributed by atoms with Crippen LogP contribution in [-0.2, 0) is 6.42 Å². The van der Waals surface area contributed by atoms with E-state index in [0.29, 0.717) is 6.04 Å². The van der Waals surface area contributed by atoms with Crippen molar-refractivity contribution in [2.45, 2.75) is 44.7 Å². The Labute approximate surface area is 109 Å². The maximum absolute atomic E-state index is 5.61. The summed E-state index contributed by atoms with van der Waals surface area (Å²) >= 11 is 0. The minimum Gasteiger partial charge on any atom is -0.490 e. The molecule has 3 nitrogen and oxygen atoms in total. The Morgan fingerprint density at radius 1 is 1.44 bits per heavy atom. The van der Waals surface area contributed by atoms with Gasteiger partial charge in [-0.15, -0.1) is 0 Å². The number of ether oxygens (including phenoxy) is 1. The summed E-state index contributed by atoms with van der Waals surface area (Å²) in [5.74, 6) is 0.994. The second kappa shape index (κ2) is 5.19. The molecule has 18 heavy (non-hydrogen) atoms. The largest absolute Gasteiger partial charge is 0.490 e. The Kier molecular flexibility index (Phi) is 3.41. The van der Waals surface area contributed by atoms with Crippen LogP contribution >= 0.6 is 0 Å². The highest BCUT2D eigenvalue weighted by Crippen LogP contribution is 2.29. The quantitative estimate of drug-likeness (QED) is 0.837. The van der Waals surface area contributed by atoms with Crippen LogP contribution in [0.25, 0.3) is 0 Å². The molecule has 0 spiro atoms. The molecule has 98 valence electrons. The van der Waals surface area contributed by atoms with Crippen LogP contribution in [0.4, 0.5) is 5.69 Å². The number of hydrogen-bond donors (Lipinski definition) is 2. The topological polar surface area (TPSA) is 33.3 Å². The summed E-state index contributed by atoms with van der Waals surface area (Å²) in [7, 11) is 0. The van der Waals surface area contributed by atoms with E-state index in [-0.39, 0.29) is 0 Å². The predicted molar refractivity (Wildman–Crippen MR) is 74.4 cm³/mol. The first kappa shape index (κ1) is 11.8. The van der Waals surface area contributed by atoms with Gasteiger partial charge in [0, 0.05) is 18.6 Å². The molecule has 1 heterocycles. The second-order valence-corrected chi connectivity index (χ2v) is 5.36. The van der Waals surface area contributed by atoms with Crippen molar-refractivity contribution in [3.8, 4) is 5.75 Å². The summed E-state index contributed by atoms with van der Waals surface area (Å²) in [5, 5.41) is 7.12. The molecule has 1 aliphatic carbocycles. The van der Waals surface area contributed by atoms with E-state index in [9.17, 15) is 0 Å². The fourth-order valence-electron chi connectivity index (χ4n) is 2.50. The highest BCUT2D eigenvalue weighted by Gasteiger charge is 2.24. The third kappa shape index (κ3) is 2.78. The summed E-state index contributed by atoms with van der Waals surface area (Å²) in [6.07, 6.45) is 5.02. The molecular weight excluding hydrogens is 224 g/mol. The predicted octanol–water partition coefficient (Wildman–Crippen LogP) is 2.56. The van der Waals surface area contributed by atoms with E-state index in [1.165, 1.54) is 24.8 Å². The molecule has 1 atom stereocenters. The number of fused-ring (bicyclic) bond motifs is 1. The highest BCUT2D eigenvalue weighted by molar-refractivity contribution is 5.59. The van der Waals surface area contributed by atoms with Crippen molar-refractivity contribution in [2.24, 2.45) is 0 Å². The van der Waals surface area contributed by atoms with Crippen LogP contribution in [0.5, 0.6) is 5.75 Å². The monoisotopic (exact) mass is 246 g/mol. The van der Waals surface area contributed by atoms with Gasteiger partial charge < -0.3 is 15.4 Å². The molecule has 1 fully saturated rings. The van der Waals surface area contributed by atoms with Crippen molar-refractivity contribution >= 4 is 5.69 Å². The van der Waals surface area contributed by atoms with Crippen LogP contribution in [-0.4, -0.2) is 25.2 Å². The van der Waals surface area contributed by atoms with E-state index in [1.807, 2.05) is 0 Å². The van der Waals surface area contributed by atoms with Crippen LogP contribution < -0.4 is 15.4 Å². The lowest BCUT2D eigenvalue weighted by Gasteiger charge is -2.21. The van der Waals surface area contributed by atoms with Crippen molar-refractivity contribution in [1.29, 1.82) is 0 Å². The van der Waals surface area contributed by atoms with E-state index in [2.05, 4.69) is 35.8 Å². The van der Waals surface area contributed by atoms with E-state index < -0.39 is 0 Å². The molecule has 0 saturated heterocycles. The molecule has 0 amide bonds. The number of anilines is 1. The molecular formula is C15H22N2O. The molecule has 1 aliphatic heterocycles. The fraction of sp³-hybridized carbons (Fsp3) is 0.600. The van der Waals surface area contributed by atoms with Crippen LogP contribution in [0.1, 0.15) is 31.7 Å². The Hall–Kier alpha value is -1.22. The molecule has 2 aliphatic rings. The molecule has 0 aromatic heterocycles. The van der Waals surface area contributed by atoms with Crippen LogP contribution in [0, 0.1) is 0 Å². The van der Waals surface area contributed by atoms with Crippen molar-refractivity contribution in [1.82, 2.24) is 5.32 Å². The van der Waals surface area contributed by atoms with Gasteiger partial charge in [-0.05, 0) is 43.4 Å². The summed E-state index contributed by atoms with van der Waals surface area (Å²) in [6, 6.07) is 7.93. The number of hydrogen-bond acceptors (Lipinski definition) is 3. The third-order valence-electron chi connectivity index (χ3n) is 3.74. The van der Waals surface area contributed by atoms with Gasteiger partial charge in [-0.1, -0.05) is 13.0 Å².